The number of carbonyl (C=O) groups excluding carboxylic acids is 2. The van der Waals surface area contributed by atoms with E-state index in [2.05, 4.69) is 20.8 Å². The molecule has 8 nitrogen and oxygen atoms in total. The lowest BCUT2D eigenvalue weighted by Crippen LogP contribution is -2.48. The van der Waals surface area contributed by atoms with Crippen molar-refractivity contribution < 1.29 is 9.59 Å². The maximum atomic E-state index is 13.3. The van der Waals surface area contributed by atoms with Crippen LogP contribution in [0.15, 0.2) is 36.7 Å². The Morgan fingerprint density at radius 3 is 2.71 bits per heavy atom. The molecule has 8 heteroatoms. The zero-order chi connectivity index (χ0) is 19.3. The molecule has 1 aromatic carbocycles. The van der Waals surface area contributed by atoms with E-state index in [9.17, 15) is 9.59 Å². The summed E-state index contributed by atoms with van der Waals surface area (Å²) in [6.45, 7) is 1.89. The zero-order valence-electron chi connectivity index (χ0n) is 15.9. The van der Waals surface area contributed by atoms with Gasteiger partial charge in [-0.1, -0.05) is 30.3 Å². The highest BCUT2D eigenvalue weighted by Gasteiger charge is 2.33. The molecule has 2 atom stereocenters. The van der Waals surface area contributed by atoms with E-state index in [-0.39, 0.29) is 17.7 Å². The van der Waals surface area contributed by atoms with Gasteiger partial charge in [0, 0.05) is 26.1 Å². The lowest BCUT2D eigenvalue weighted by Gasteiger charge is -2.34. The molecule has 28 heavy (non-hydrogen) atoms. The van der Waals surface area contributed by atoms with Crippen LogP contribution in [0.25, 0.3) is 0 Å². The second-order valence-electron chi connectivity index (χ2n) is 7.81. The second kappa shape index (κ2) is 8.50. The van der Waals surface area contributed by atoms with Crippen molar-refractivity contribution in [2.75, 3.05) is 19.6 Å². The first-order chi connectivity index (χ1) is 13.7. The lowest BCUT2D eigenvalue weighted by molar-refractivity contribution is -0.139. The van der Waals surface area contributed by atoms with E-state index in [0.717, 1.165) is 24.9 Å². The Morgan fingerprint density at radius 1 is 1.18 bits per heavy atom. The van der Waals surface area contributed by atoms with Crippen LogP contribution in [-0.2, 0) is 16.0 Å². The van der Waals surface area contributed by atoms with Gasteiger partial charge >= 0.3 is 0 Å². The second-order valence-corrected chi connectivity index (χ2v) is 7.81. The molecule has 2 unspecified atom stereocenters. The van der Waals surface area contributed by atoms with E-state index in [1.807, 2.05) is 30.3 Å². The number of nitrogens with one attached hydrogen (secondary N) is 1. The minimum atomic E-state index is -0.509. The minimum Gasteiger partial charge on any atom is -0.356 e. The number of tetrazole rings is 1. The van der Waals surface area contributed by atoms with Gasteiger partial charge in [-0.15, -0.1) is 5.10 Å². The molecular weight excluding hydrogens is 356 g/mol. The number of hydrogen-bond acceptors (Lipinski definition) is 5. The Morgan fingerprint density at radius 2 is 2.00 bits per heavy atom. The topological polar surface area (TPSA) is 93.0 Å². The Kier molecular flexibility index (Phi) is 5.64. The number of hydrogen-bond donors (Lipinski definition) is 1. The van der Waals surface area contributed by atoms with Gasteiger partial charge in [0.1, 0.15) is 12.4 Å². The summed E-state index contributed by atoms with van der Waals surface area (Å²) >= 11 is 0. The molecule has 1 aliphatic heterocycles. The number of likely N-dealkylation sites (tertiary alicyclic amines) is 1. The fourth-order valence-corrected chi connectivity index (χ4v) is 3.76. The predicted octanol–water partition coefficient (Wildman–Crippen LogP) is 1.22. The standard InChI is InChI=1S/C20H26N6O2/c27-19(21-12-16-8-9-16)17-7-4-10-25(13-17)20(28)18(26-14-22-23-24-26)11-15-5-2-1-3-6-15/h1-3,5-6,14,16-18H,4,7-13H2,(H,21,27). The van der Waals surface area contributed by atoms with Crippen molar-refractivity contribution in [2.45, 2.75) is 38.1 Å². The molecule has 0 spiro atoms. The van der Waals surface area contributed by atoms with E-state index in [0.29, 0.717) is 25.4 Å². The Hall–Kier alpha value is -2.77. The largest absolute Gasteiger partial charge is 0.356 e. The Bertz CT molecular complexity index is 790. The molecule has 2 aromatic rings. The highest BCUT2D eigenvalue weighted by molar-refractivity contribution is 5.83. The molecule has 2 heterocycles. The third-order valence-electron chi connectivity index (χ3n) is 5.61. The third-order valence-corrected chi connectivity index (χ3v) is 5.61. The number of nitrogens with zero attached hydrogens (tertiary/aromatic N) is 5. The van der Waals surface area contributed by atoms with E-state index < -0.39 is 6.04 Å². The molecule has 2 amide bonds. The van der Waals surface area contributed by atoms with Gasteiger partial charge in [-0.2, -0.15) is 0 Å². The summed E-state index contributed by atoms with van der Waals surface area (Å²) in [6, 6.07) is 9.34. The average molecular weight is 382 g/mol. The molecule has 1 N–H and O–H groups in total. The average Bonchev–Trinajstić information content (AvgIpc) is 3.42. The van der Waals surface area contributed by atoms with Gasteiger partial charge in [0.15, 0.2) is 0 Å². The van der Waals surface area contributed by atoms with Crippen LogP contribution in [0.4, 0.5) is 0 Å². The van der Waals surface area contributed by atoms with Crippen molar-refractivity contribution in [3.63, 3.8) is 0 Å². The van der Waals surface area contributed by atoms with Crippen molar-refractivity contribution in [2.24, 2.45) is 11.8 Å². The number of carbonyl (C=O) groups is 2. The summed E-state index contributed by atoms with van der Waals surface area (Å²) in [7, 11) is 0. The molecule has 0 radical (unpaired) electrons. The maximum absolute atomic E-state index is 13.3. The summed E-state index contributed by atoms with van der Waals surface area (Å²) in [5, 5.41) is 14.4. The predicted molar refractivity (Wildman–Crippen MR) is 102 cm³/mol. The molecule has 2 aliphatic rings. The van der Waals surface area contributed by atoms with Gasteiger partial charge in [-0.25, -0.2) is 4.68 Å². The van der Waals surface area contributed by atoms with Crippen LogP contribution in [0.1, 0.15) is 37.3 Å². The van der Waals surface area contributed by atoms with Crippen LogP contribution in [-0.4, -0.2) is 56.6 Å². The number of aromatic nitrogens is 4. The smallest absolute Gasteiger partial charge is 0.247 e. The van der Waals surface area contributed by atoms with Crippen LogP contribution in [0.5, 0.6) is 0 Å². The number of benzene rings is 1. The third kappa shape index (κ3) is 4.55. The van der Waals surface area contributed by atoms with Crippen LogP contribution < -0.4 is 5.32 Å². The fraction of sp³-hybridized carbons (Fsp3) is 0.550. The van der Waals surface area contributed by atoms with Gasteiger partial charge < -0.3 is 10.2 Å². The van der Waals surface area contributed by atoms with E-state index in [4.69, 9.17) is 0 Å². The van der Waals surface area contributed by atoms with Crippen LogP contribution in [0.2, 0.25) is 0 Å². The molecular formula is C20H26N6O2. The molecule has 1 saturated heterocycles. The van der Waals surface area contributed by atoms with Crippen molar-refractivity contribution in [1.29, 1.82) is 0 Å². The minimum absolute atomic E-state index is 0.0316. The fourth-order valence-electron chi connectivity index (χ4n) is 3.76. The van der Waals surface area contributed by atoms with Crippen LogP contribution in [0.3, 0.4) is 0 Å². The molecule has 148 valence electrons. The normalized spacial score (nSPS) is 20.6. The van der Waals surface area contributed by atoms with Gasteiger partial charge in [0.05, 0.1) is 5.92 Å². The quantitative estimate of drug-likeness (QED) is 0.777. The zero-order valence-corrected chi connectivity index (χ0v) is 15.9. The van der Waals surface area contributed by atoms with Crippen molar-refractivity contribution >= 4 is 11.8 Å². The van der Waals surface area contributed by atoms with Gasteiger partial charge in [0.2, 0.25) is 11.8 Å². The Labute approximate surface area is 164 Å². The van der Waals surface area contributed by atoms with Crippen molar-refractivity contribution in [3.05, 3.63) is 42.2 Å². The van der Waals surface area contributed by atoms with Crippen LogP contribution in [0, 0.1) is 11.8 Å². The summed E-state index contributed by atoms with van der Waals surface area (Å²) in [6.07, 6.45) is 6.08. The molecule has 1 saturated carbocycles. The first kappa shape index (κ1) is 18.6. The van der Waals surface area contributed by atoms with Crippen molar-refractivity contribution in [1.82, 2.24) is 30.4 Å². The maximum Gasteiger partial charge on any atom is 0.247 e. The van der Waals surface area contributed by atoms with Gasteiger partial charge in [0.25, 0.3) is 0 Å². The summed E-state index contributed by atoms with van der Waals surface area (Å²) in [5.74, 6) is 0.560. The first-order valence-electron chi connectivity index (χ1n) is 10.0. The van der Waals surface area contributed by atoms with Gasteiger partial charge in [-0.3, -0.25) is 9.59 Å². The summed E-state index contributed by atoms with van der Waals surface area (Å²) < 4.78 is 1.52. The lowest BCUT2D eigenvalue weighted by atomic mass is 9.95. The van der Waals surface area contributed by atoms with E-state index >= 15 is 0 Å². The highest BCUT2D eigenvalue weighted by Crippen LogP contribution is 2.28. The van der Waals surface area contributed by atoms with Crippen LogP contribution >= 0.6 is 0 Å². The SMILES string of the molecule is O=C(NCC1CC1)C1CCCN(C(=O)C(Cc2ccccc2)n2cnnn2)C1. The van der Waals surface area contributed by atoms with E-state index in [1.54, 1.807) is 4.90 Å². The monoisotopic (exact) mass is 382 g/mol. The Balaban J connectivity index is 1.44. The number of amides is 2. The molecule has 1 aliphatic carbocycles. The summed E-state index contributed by atoms with van der Waals surface area (Å²) in [5.41, 5.74) is 1.05. The molecule has 4 rings (SSSR count). The highest BCUT2D eigenvalue weighted by atomic mass is 16.2. The molecule has 1 aromatic heterocycles. The molecule has 0 bridgehead atoms. The first-order valence-corrected chi connectivity index (χ1v) is 10.0. The van der Waals surface area contributed by atoms with Gasteiger partial charge in [-0.05, 0) is 47.6 Å². The summed E-state index contributed by atoms with van der Waals surface area (Å²) in [4.78, 5) is 27.6. The molecule has 2 fully saturated rings. The number of piperidine rings is 1. The van der Waals surface area contributed by atoms with Crippen molar-refractivity contribution in [3.8, 4) is 0 Å². The van der Waals surface area contributed by atoms with E-state index in [1.165, 1.54) is 23.9 Å². The number of rotatable bonds is 7.